The van der Waals surface area contributed by atoms with Crippen LogP contribution < -0.4 is 10.1 Å². The van der Waals surface area contributed by atoms with Crippen molar-refractivity contribution in [1.29, 1.82) is 0 Å². The van der Waals surface area contributed by atoms with Gasteiger partial charge in [-0.05, 0) is 38.8 Å². The third kappa shape index (κ3) is 4.78. The molecule has 1 N–H and O–H groups in total. The van der Waals surface area contributed by atoms with E-state index in [2.05, 4.69) is 12.2 Å². The molecule has 18 heavy (non-hydrogen) atoms. The van der Waals surface area contributed by atoms with Gasteiger partial charge in [0.25, 0.3) is 5.91 Å². The Morgan fingerprint density at radius 3 is 2.72 bits per heavy atom. The Balaban J connectivity index is 2.42. The molecule has 0 bridgehead atoms. The number of benzene rings is 1. The van der Waals surface area contributed by atoms with Crippen LogP contribution in [0, 0.1) is 13.8 Å². The Labute approximate surface area is 110 Å². The van der Waals surface area contributed by atoms with Crippen LogP contribution in [0.5, 0.6) is 5.75 Å². The fourth-order valence-electron chi connectivity index (χ4n) is 1.93. The first kappa shape index (κ1) is 14.6. The molecule has 1 aromatic carbocycles. The molecule has 1 aromatic rings. The summed E-state index contributed by atoms with van der Waals surface area (Å²) >= 11 is 0. The topological polar surface area (TPSA) is 38.3 Å². The first-order chi connectivity index (χ1) is 8.52. The van der Waals surface area contributed by atoms with E-state index in [9.17, 15) is 4.79 Å². The lowest BCUT2D eigenvalue weighted by Crippen LogP contribution is -2.36. The van der Waals surface area contributed by atoms with Gasteiger partial charge in [-0.15, -0.1) is 0 Å². The molecule has 0 aromatic heterocycles. The lowest BCUT2D eigenvalue weighted by Gasteiger charge is -2.14. The summed E-state index contributed by atoms with van der Waals surface area (Å²) in [6.45, 7) is 8.22. The van der Waals surface area contributed by atoms with Gasteiger partial charge in [-0.2, -0.15) is 0 Å². The molecule has 3 nitrogen and oxygen atoms in total. The number of hydrogen-bond acceptors (Lipinski definition) is 2. The van der Waals surface area contributed by atoms with E-state index >= 15 is 0 Å². The fourth-order valence-corrected chi connectivity index (χ4v) is 1.93. The Bertz CT molecular complexity index is 401. The maximum atomic E-state index is 11.6. The standard InChI is InChI=1S/C15H23NO2/c1-5-6-13(4)16-15(17)10-18-14-8-7-11(2)9-12(14)3/h7-9,13H,5-6,10H2,1-4H3,(H,16,17). The molecule has 0 aliphatic heterocycles. The van der Waals surface area contributed by atoms with Crippen LogP contribution in [0.3, 0.4) is 0 Å². The van der Waals surface area contributed by atoms with Gasteiger partial charge >= 0.3 is 0 Å². The smallest absolute Gasteiger partial charge is 0.258 e. The normalized spacial score (nSPS) is 12.0. The largest absolute Gasteiger partial charge is 0.484 e. The minimum Gasteiger partial charge on any atom is -0.484 e. The summed E-state index contributed by atoms with van der Waals surface area (Å²) in [5.41, 5.74) is 2.25. The summed E-state index contributed by atoms with van der Waals surface area (Å²) < 4.78 is 5.52. The van der Waals surface area contributed by atoms with Crippen molar-refractivity contribution in [3.8, 4) is 5.75 Å². The molecule has 100 valence electrons. The Hall–Kier alpha value is -1.51. The SMILES string of the molecule is CCCC(C)NC(=O)COc1ccc(C)cc1C. The lowest BCUT2D eigenvalue weighted by molar-refractivity contribution is -0.123. The van der Waals surface area contributed by atoms with Gasteiger partial charge < -0.3 is 10.1 Å². The second kappa shape index (κ2) is 7.04. The molecule has 0 aliphatic rings. The van der Waals surface area contributed by atoms with Gasteiger partial charge in [0.2, 0.25) is 0 Å². The summed E-state index contributed by atoms with van der Waals surface area (Å²) in [6.07, 6.45) is 2.06. The van der Waals surface area contributed by atoms with Crippen LogP contribution in [0.4, 0.5) is 0 Å². The van der Waals surface area contributed by atoms with Crippen LogP contribution in [0.1, 0.15) is 37.8 Å². The van der Waals surface area contributed by atoms with E-state index in [0.29, 0.717) is 0 Å². The van der Waals surface area contributed by atoms with Crippen LogP contribution in [-0.4, -0.2) is 18.6 Å². The zero-order valence-electron chi connectivity index (χ0n) is 11.7. The highest BCUT2D eigenvalue weighted by Crippen LogP contribution is 2.18. The van der Waals surface area contributed by atoms with Gasteiger partial charge in [0, 0.05) is 6.04 Å². The van der Waals surface area contributed by atoms with Crippen molar-refractivity contribution in [1.82, 2.24) is 5.32 Å². The number of rotatable bonds is 6. The van der Waals surface area contributed by atoms with Crippen molar-refractivity contribution in [3.63, 3.8) is 0 Å². The van der Waals surface area contributed by atoms with E-state index in [0.717, 1.165) is 24.2 Å². The van der Waals surface area contributed by atoms with Gasteiger partial charge in [-0.25, -0.2) is 0 Å². The van der Waals surface area contributed by atoms with E-state index in [1.165, 1.54) is 5.56 Å². The average molecular weight is 249 g/mol. The van der Waals surface area contributed by atoms with Crippen molar-refractivity contribution in [2.24, 2.45) is 0 Å². The molecule has 1 rings (SSSR count). The fraction of sp³-hybridized carbons (Fsp3) is 0.533. The van der Waals surface area contributed by atoms with Crippen LogP contribution in [-0.2, 0) is 4.79 Å². The van der Waals surface area contributed by atoms with E-state index in [1.807, 2.05) is 39.0 Å². The molecule has 0 saturated heterocycles. The maximum absolute atomic E-state index is 11.6. The maximum Gasteiger partial charge on any atom is 0.258 e. The van der Waals surface area contributed by atoms with E-state index in [-0.39, 0.29) is 18.6 Å². The number of aryl methyl sites for hydroxylation is 2. The number of ether oxygens (including phenoxy) is 1. The van der Waals surface area contributed by atoms with Gasteiger partial charge in [0.15, 0.2) is 6.61 Å². The molecule has 3 heteroatoms. The van der Waals surface area contributed by atoms with Crippen molar-refractivity contribution >= 4 is 5.91 Å². The predicted octanol–water partition coefficient (Wildman–Crippen LogP) is 2.99. The van der Waals surface area contributed by atoms with Crippen LogP contribution in [0.25, 0.3) is 0 Å². The molecule has 1 unspecified atom stereocenters. The molecule has 0 spiro atoms. The van der Waals surface area contributed by atoms with Crippen LogP contribution in [0.15, 0.2) is 18.2 Å². The van der Waals surface area contributed by atoms with Crippen LogP contribution >= 0.6 is 0 Å². The third-order valence-electron chi connectivity index (χ3n) is 2.82. The summed E-state index contributed by atoms with van der Waals surface area (Å²) in [7, 11) is 0. The first-order valence-electron chi connectivity index (χ1n) is 6.52. The number of nitrogens with one attached hydrogen (secondary N) is 1. The summed E-state index contributed by atoms with van der Waals surface area (Å²) in [6, 6.07) is 6.16. The number of hydrogen-bond donors (Lipinski definition) is 1. The lowest BCUT2D eigenvalue weighted by atomic mass is 10.1. The summed E-state index contributed by atoms with van der Waals surface area (Å²) in [5.74, 6) is 0.717. The quantitative estimate of drug-likeness (QED) is 0.841. The molecule has 1 amide bonds. The summed E-state index contributed by atoms with van der Waals surface area (Å²) in [5, 5.41) is 2.92. The second-order valence-corrected chi connectivity index (χ2v) is 4.81. The van der Waals surface area contributed by atoms with Crippen molar-refractivity contribution in [2.45, 2.75) is 46.6 Å². The Morgan fingerprint density at radius 1 is 1.39 bits per heavy atom. The first-order valence-corrected chi connectivity index (χ1v) is 6.52. The van der Waals surface area contributed by atoms with Gasteiger partial charge in [-0.3, -0.25) is 4.79 Å². The molecule has 0 saturated carbocycles. The van der Waals surface area contributed by atoms with Gasteiger partial charge in [0.05, 0.1) is 0 Å². The molecule has 0 heterocycles. The Morgan fingerprint density at radius 2 is 2.11 bits per heavy atom. The third-order valence-corrected chi connectivity index (χ3v) is 2.82. The van der Waals surface area contributed by atoms with Crippen molar-refractivity contribution < 1.29 is 9.53 Å². The van der Waals surface area contributed by atoms with Crippen molar-refractivity contribution in [2.75, 3.05) is 6.61 Å². The number of carbonyl (C=O) groups excluding carboxylic acids is 1. The van der Waals surface area contributed by atoms with Crippen LogP contribution in [0.2, 0.25) is 0 Å². The van der Waals surface area contributed by atoms with E-state index < -0.39 is 0 Å². The second-order valence-electron chi connectivity index (χ2n) is 4.81. The average Bonchev–Trinajstić information content (AvgIpc) is 2.28. The molecular weight excluding hydrogens is 226 g/mol. The minimum absolute atomic E-state index is 0.0593. The number of carbonyl (C=O) groups is 1. The molecular formula is C15H23NO2. The van der Waals surface area contributed by atoms with E-state index in [1.54, 1.807) is 0 Å². The molecule has 0 fully saturated rings. The highest BCUT2D eigenvalue weighted by Gasteiger charge is 2.08. The van der Waals surface area contributed by atoms with Crippen molar-refractivity contribution in [3.05, 3.63) is 29.3 Å². The molecule has 1 atom stereocenters. The highest BCUT2D eigenvalue weighted by molar-refractivity contribution is 5.77. The number of amides is 1. The predicted molar refractivity (Wildman–Crippen MR) is 73.9 cm³/mol. The van der Waals surface area contributed by atoms with E-state index in [4.69, 9.17) is 4.74 Å². The summed E-state index contributed by atoms with van der Waals surface area (Å²) in [4.78, 5) is 11.6. The zero-order valence-corrected chi connectivity index (χ0v) is 11.7. The molecule has 0 radical (unpaired) electrons. The van der Waals surface area contributed by atoms with Gasteiger partial charge in [-0.1, -0.05) is 31.0 Å². The van der Waals surface area contributed by atoms with Gasteiger partial charge in [0.1, 0.15) is 5.75 Å². The molecule has 0 aliphatic carbocycles. The highest BCUT2D eigenvalue weighted by atomic mass is 16.5. The monoisotopic (exact) mass is 249 g/mol. The minimum atomic E-state index is -0.0593. The zero-order chi connectivity index (χ0) is 13.5. The Kier molecular flexibility index (Phi) is 5.69.